The lowest BCUT2D eigenvalue weighted by atomic mass is 10.2. The average molecular weight is 246 g/mol. The van der Waals surface area contributed by atoms with Gasteiger partial charge in [-0.15, -0.1) is 11.8 Å². The molecule has 1 aromatic carbocycles. The van der Waals surface area contributed by atoms with Crippen LogP contribution in [0.4, 0.5) is 5.82 Å². The normalized spacial score (nSPS) is 10.2. The lowest BCUT2D eigenvalue weighted by Crippen LogP contribution is -2.08. The minimum absolute atomic E-state index is 0.583. The summed E-state index contributed by atoms with van der Waals surface area (Å²) in [5, 5.41) is 0.863. The number of nitrogens with two attached hydrogens (primary N) is 1. The zero-order chi connectivity index (χ0) is 12.1. The summed E-state index contributed by atoms with van der Waals surface area (Å²) in [6, 6.07) is 8.44. The average Bonchev–Trinajstić information content (AvgIpc) is 2.37. The van der Waals surface area contributed by atoms with E-state index in [1.807, 2.05) is 0 Å². The smallest absolute Gasteiger partial charge is 0.159 e. The molecule has 0 saturated carbocycles. The first-order valence-corrected chi connectivity index (χ1v) is 6.23. The van der Waals surface area contributed by atoms with E-state index in [1.165, 1.54) is 11.1 Å². The summed E-state index contributed by atoms with van der Waals surface area (Å²) in [7, 11) is 0. The molecular weight excluding hydrogens is 232 g/mol. The Morgan fingerprint density at radius 1 is 1.35 bits per heavy atom. The number of aromatic nitrogens is 2. The minimum Gasteiger partial charge on any atom is -0.307 e. The summed E-state index contributed by atoms with van der Waals surface area (Å²) >= 11 is 1.64. The van der Waals surface area contributed by atoms with Gasteiger partial charge in [-0.25, -0.2) is 10.8 Å². The SMILES string of the molecule is Cc1cccc(CSc2cncc(NN)n2)c1. The van der Waals surface area contributed by atoms with Crippen LogP contribution in [-0.4, -0.2) is 9.97 Å². The van der Waals surface area contributed by atoms with Crippen molar-refractivity contribution in [3.05, 3.63) is 47.8 Å². The molecule has 2 rings (SSSR count). The number of anilines is 1. The van der Waals surface area contributed by atoms with E-state index in [1.54, 1.807) is 24.2 Å². The molecule has 4 nitrogen and oxygen atoms in total. The molecule has 0 atom stereocenters. The molecule has 0 unspecified atom stereocenters. The van der Waals surface area contributed by atoms with Gasteiger partial charge < -0.3 is 5.43 Å². The predicted molar refractivity (Wildman–Crippen MR) is 70.6 cm³/mol. The van der Waals surface area contributed by atoms with E-state index in [2.05, 4.69) is 46.6 Å². The van der Waals surface area contributed by atoms with Crippen molar-refractivity contribution >= 4 is 17.6 Å². The van der Waals surface area contributed by atoms with Gasteiger partial charge in [-0.1, -0.05) is 29.8 Å². The molecule has 0 radical (unpaired) electrons. The molecule has 0 fully saturated rings. The molecule has 0 aliphatic carbocycles. The van der Waals surface area contributed by atoms with Crippen LogP contribution in [0.3, 0.4) is 0 Å². The second-order valence-corrected chi connectivity index (χ2v) is 4.66. The second kappa shape index (κ2) is 5.65. The van der Waals surface area contributed by atoms with Crippen molar-refractivity contribution in [2.24, 2.45) is 5.84 Å². The molecule has 0 aliphatic heterocycles. The van der Waals surface area contributed by atoms with Gasteiger partial charge in [0.1, 0.15) is 5.03 Å². The van der Waals surface area contributed by atoms with Crippen molar-refractivity contribution in [3.8, 4) is 0 Å². The molecule has 0 saturated heterocycles. The lowest BCUT2D eigenvalue weighted by molar-refractivity contribution is 1.04. The summed E-state index contributed by atoms with van der Waals surface area (Å²) in [5.74, 6) is 6.75. The third-order valence-electron chi connectivity index (χ3n) is 2.23. The van der Waals surface area contributed by atoms with Gasteiger partial charge in [0.05, 0.1) is 12.4 Å². The number of hydrogen-bond donors (Lipinski definition) is 2. The van der Waals surface area contributed by atoms with Crippen LogP contribution in [0.25, 0.3) is 0 Å². The van der Waals surface area contributed by atoms with E-state index in [9.17, 15) is 0 Å². The van der Waals surface area contributed by atoms with Crippen LogP contribution >= 0.6 is 11.8 Å². The van der Waals surface area contributed by atoms with E-state index in [0.29, 0.717) is 5.82 Å². The van der Waals surface area contributed by atoms with Crippen molar-refractivity contribution in [2.75, 3.05) is 5.43 Å². The molecule has 17 heavy (non-hydrogen) atoms. The van der Waals surface area contributed by atoms with Crippen molar-refractivity contribution in [1.82, 2.24) is 9.97 Å². The Morgan fingerprint density at radius 2 is 2.24 bits per heavy atom. The van der Waals surface area contributed by atoms with E-state index in [0.717, 1.165) is 10.8 Å². The molecule has 5 heteroatoms. The van der Waals surface area contributed by atoms with Crippen molar-refractivity contribution in [2.45, 2.75) is 17.7 Å². The number of nitrogen functional groups attached to an aromatic ring is 1. The van der Waals surface area contributed by atoms with E-state index in [-0.39, 0.29) is 0 Å². The van der Waals surface area contributed by atoms with Gasteiger partial charge in [0.25, 0.3) is 0 Å². The highest BCUT2D eigenvalue weighted by Gasteiger charge is 2.00. The van der Waals surface area contributed by atoms with Gasteiger partial charge in [0.15, 0.2) is 5.82 Å². The molecule has 0 spiro atoms. The number of benzene rings is 1. The largest absolute Gasteiger partial charge is 0.307 e. The fourth-order valence-electron chi connectivity index (χ4n) is 1.45. The van der Waals surface area contributed by atoms with Gasteiger partial charge in [-0.2, -0.15) is 0 Å². The fraction of sp³-hybridized carbons (Fsp3) is 0.167. The fourth-order valence-corrected chi connectivity index (χ4v) is 2.24. The van der Waals surface area contributed by atoms with E-state index in [4.69, 9.17) is 5.84 Å². The molecule has 1 aromatic heterocycles. The van der Waals surface area contributed by atoms with Crippen LogP contribution < -0.4 is 11.3 Å². The van der Waals surface area contributed by atoms with Crippen LogP contribution in [0.2, 0.25) is 0 Å². The van der Waals surface area contributed by atoms with Crippen LogP contribution in [0, 0.1) is 6.92 Å². The quantitative estimate of drug-likeness (QED) is 0.492. The first-order chi connectivity index (χ1) is 8.28. The predicted octanol–water partition coefficient (Wildman–Crippen LogP) is 2.36. The molecular formula is C12H14N4S. The van der Waals surface area contributed by atoms with Gasteiger partial charge >= 0.3 is 0 Å². The van der Waals surface area contributed by atoms with E-state index < -0.39 is 0 Å². The number of thioether (sulfide) groups is 1. The minimum atomic E-state index is 0.583. The highest BCUT2D eigenvalue weighted by molar-refractivity contribution is 7.98. The highest BCUT2D eigenvalue weighted by Crippen LogP contribution is 2.21. The Balaban J connectivity index is 2.02. The lowest BCUT2D eigenvalue weighted by Gasteiger charge is -2.04. The summed E-state index contributed by atoms with van der Waals surface area (Å²) in [6.07, 6.45) is 3.33. The Hall–Kier alpha value is -1.59. The number of aryl methyl sites for hydroxylation is 1. The van der Waals surface area contributed by atoms with Crippen molar-refractivity contribution < 1.29 is 0 Å². The number of nitrogens with one attached hydrogen (secondary N) is 1. The summed E-state index contributed by atoms with van der Waals surface area (Å²) in [4.78, 5) is 8.35. The Morgan fingerprint density at radius 3 is 3.00 bits per heavy atom. The van der Waals surface area contributed by atoms with Crippen LogP contribution in [-0.2, 0) is 5.75 Å². The third-order valence-corrected chi connectivity index (χ3v) is 3.20. The van der Waals surface area contributed by atoms with Gasteiger partial charge in [-0.05, 0) is 12.5 Å². The monoisotopic (exact) mass is 246 g/mol. The third kappa shape index (κ3) is 3.44. The van der Waals surface area contributed by atoms with E-state index >= 15 is 0 Å². The zero-order valence-electron chi connectivity index (χ0n) is 9.55. The van der Waals surface area contributed by atoms with Gasteiger partial charge in [-0.3, -0.25) is 4.98 Å². The molecule has 0 aliphatic rings. The van der Waals surface area contributed by atoms with Crippen LogP contribution in [0.5, 0.6) is 0 Å². The van der Waals surface area contributed by atoms with Crippen molar-refractivity contribution in [1.29, 1.82) is 0 Å². The van der Waals surface area contributed by atoms with Crippen LogP contribution in [0.15, 0.2) is 41.7 Å². The zero-order valence-corrected chi connectivity index (χ0v) is 10.4. The second-order valence-electron chi connectivity index (χ2n) is 3.66. The highest BCUT2D eigenvalue weighted by atomic mass is 32.2. The molecule has 0 amide bonds. The molecule has 0 bridgehead atoms. The summed E-state index contributed by atoms with van der Waals surface area (Å²) in [6.45, 7) is 2.09. The maximum atomic E-state index is 5.28. The van der Waals surface area contributed by atoms with Crippen molar-refractivity contribution in [3.63, 3.8) is 0 Å². The van der Waals surface area contributed by atoms with Crippen LogP contribution in [0.1, 0.15) is 11.1 Å². The number of rotatable bonds is 4. The number of nitrogens with zero attached hydrogens (tertiary/aromatic N) is 2. The molecule has 2 aromatic rings. The maximum absolute atomic E-state index is 5.28. The first kappa shape index (κ1) is 11.9. The molecule has 88 valence electrons. The Labute approximate surface area is 105 Å². The Kier molecular flexibility index (Phi) is 3.95. The standard InChI is InChI=1S/C12H14N4S/c1-9-3-2-4-10(5-9)8-17-12-7-14-6-11(15-12)16-13/h2-7H,8,13H2,1H3,(H,15,16). The molecule has 1 heterocycles. The molecule has 3 N–H and O–H groups in total. The summed E-state index contributed by atoms with van der Waals surface area (Å²) < 4.78 is 0. The summed E-state index contributed by atoms with van der Waals surface area (Å²) in [5.41, 5.74) is 5.04. The first-order valence-electron chi connectivity index (χ1n) is 5.25. The number of hydrazine groups is 1. The Bertz CT molecular complexity index is 501. The van der Waals surface area contributed by atoms with Gasteiger partial charge in [0, 0.05) is 5.75 Å². The number of hydrogen-bond acceptors (Lipinski definition) is 5. The maximum Gasteiger partial charge on any atom is 0.159 e. The topological polar surface area (TPSA) is 63.8 Å². The van der Waals surface area contributed by atoms with Gasteiger partial charge in [0.2, 0.25) is 0 Å².